The Balaban J connectivity index is 1.33. The van der Waals surface area contributed by atoms with Crippen molar-refractivity contribution < 1.29 is 23.9 Å². The molecule has 0 saturated carbocycles. The number of halogens is 2. The van der Waals surface area contributed by atoms with E-state index in [1.807, 2.05) is 0 Å². The fourth-order valence-electron chi connectivity index (χ4n) is 5.38. The topological polar surface area (TPSA) is 115 Å². The minimum absolute atomic E-state index is 0.244. The minimum Gasteiger partial charge on any atom is -0.462 e. The lowest BCUT2D eigenvalue weighted by Gasteiger charge is -2.30. The molecule has 0 aliphatic carbocycles. The number of aromatic nitrogens is 1. The standard InChI is InChI=1S/C31H23Cl2N3O6S2/c1-2-42-30(40)17-5-11-20(12-6-17)34-22(37)15-35-29-26(44-31(35)41)23(16-3-7-18(32)8-4-16)24-25(43-29)28(39)36(27(24)38)21-13-9-19(33)10-14-21/h3-14,23-25H,2,15H2,1H3,(H,34,37)/t23-,24?,25?/m0/s1. The van der Waals surface area contributed by atoms with Crippen LogP contribution < -0.4 is 15.1 Å². The van der Waals surface area contributed by atoms with E-state index in [-0.39, 0.29) is 23.9 Å². The molecule has 3 aromatic carbocycles. The van der Waals surface area contributed by atoms with Crippen LogP contribution >= 0.6 is 46.3 Å². The highest BCUT2D eigenvalue weighted by Crippen LogP contribution is 2.54. The fraction of sp³-hybridized carbons (Fsp3) is 0.194. The lowest BCUT2D eigenvalue weighted by molar-refractivity contribution is -0.122. The highest BCUT2D eigenvalue weighted by atomic mass is 35.5. The maximum absolute atomic E-state index is 13.9. The molecule has 1 saturated heterocycles. The molecule has 0 bridgehead atoms. The van der Waals surface area contributed by atoms with E-state index in [1.165, 1.54) is 21.6 Å². The van der Waals surface area contributed by atoms with E-state index >= 15 is 0 Å². The second-order valence-electron chi connectivity index (χ2n) is 10.1. The quantitative estimate of drug-likeness (QED) is 0.195. The first-order valence-corrected chi connectivity index (χ1v) is 16.0. The molecular weight excluding hydrogens is 645 g/mol. The molecule has 1 N–H and O–H groups in total. The van der Waals surface area contributed by atoms with E-state index in [2.05, 4.69) is 5.32 Å². The number of benzene rings is 3. The first kappa shape index (κ1) is 30.1. The maximum Gasteiger partial charge on any atom is 0.338 e. The average molecular weight is 669 g/mol. The molecule has 3 atom stereocenters. The summed E-state index contributed by atoms with van der Waals surface area (Å²) in [6.07, 6.45) is 0. The first-order valence-electron chi connectivity index (χ1n) is 13.5. The molecule has 3 heterocycles. The average Bonchev–Trinajstić information content (AvgIpc) is 3.45. The smallest absolute Gasteiger partial charge is 0.338 e. The van der Waals surface area contributed by atoms with Crippen LogP contribution in [0.25, 0.3) is 0 Å². The van der Waals surface area contributed by atoms with Gasteiger partial charge < -0.3 is 10.1 Å². The van der Waals surface area contributed by atoms with Gasteiger partial charge in [0.2, 0.25) is 17.7 Å². The van der Waals surface area contributed by atoms with Crippen molar-refractivity contribution in [1.29, 1.82) is 0 Å². The largest absolute Gasteiger partial charge is 0.462 e. The summed E-state index contributed by atoms with van der Waals surface area (Å²) in [4.78, 5) is 67.5. The van der Waals surface area contributed by atoms with Crippen LogP contribution in [0.2, 0.25) is 10.0 Å². The zero-order chi connectivity index (χ0) is 31.1. The monoisotopic (exact) mass is 667 g/mol. The third-order valence-electron chi connectivity index (χ3n) is 7.34. The van der Waals surface area contributed by atoms with E-state index in [1.54, 1.807) is 67.6 Å². The third-order valence-corrected chi connectivity index (χ3v) is 10.5. The Bertz CT molecular complexity index is 1840. The summed E-state index contributed by atoms with van der Waals surface area (Å²) in [6.45, 7) is 1.64. The molecule has 44 heavy (non-hydrogen) atoms. The molecule has 4 aromatic rings. The number of hydrogen-bond donors (Lipinski definition) is 1. The number of carbonyl (C=O) groups excluding carboxylic acids is 4. The van der Waals surface area contributed by atoms with Gasteiger partial charge >= 0.3 is 10.8 Å². The third kappa shape index (κ3) is 5.56. The summed E-state index contributed by atoms with van der Waals surface area (Å²) in [5.41, 5.74) is 1.91. The van der Waals surface area contributed by atoms with E-state index < -0.39 is 34.9 Å². The van der Waals surface area contributed by atoms with Gasteiger partial charge in [-0.1, -0.05) is 58.4 Å². The second-order valence-corrected chi connectivity index (χ2v) is 13.0. The van der Waals surface area contributed by atoms with E-state index in [9.17, 15) is 24.0 Å². The highest BCUT2D eigenvalue weighted by Gasteiger charge is 2.56. The number of amides is 3. The number of fused-ring (bicyclic) bond motifs is 2. The van der Waals surface area contributed by atoms with Crippen LogP contribution in [0.5, 0.6) is 0 Å². The molecule has 224 valence electrons. The van der Waals surface area contributed by atoms with Gasteiger partial charge in [-0.2, -0.15) is 0 Å². The number of nitrogens with one attached hydrogen (secondary N) is 1. The predicted molar refractivity (Wildman–Crippen MR) is 170 cm³/mol. The Hall–Kier alpha value is -3.90. The molecule has 0 radical (unpaired) electrons. The lowest BCUT2D eigenvalue weighted by Crippen LogP contribution is -2.33. The van der Waals surface area contributed by atoms with E-state index in [0.717, 1.165) is 28.7 Å². The van der Waals surface area contributed by atoms with Crippen LogP contribution in [0.4, 0.5) is 11.4 Å². The normalized spacial score (nSPS) is 19.0. The summed E-state index contributed by atoms with van der Waals surface area (Å²) >= 11 is 14.3. The molecule has 2 aliphatic rings. The summed E-state index contributed by atoms with van der Waals surface area (Å²) in [5.74, 6) is -3.12. The Morgan fingerprint density at radius 3 is 2.16 bits per heavy atom. The molecule has 6 rings (SSSR count). The number of carbonyl (C=O) groups is 4. The zero-order valence-electron chi connectivity index (χ0n) is 23.0. The predicted octanol–water partition coefficient (Wildman–Crippen LogP) is 5.83. The molecule has 13 heteroatoms. The van der Waals surface area contributed by atoms with Gasteiger partial charge in [0.25, 0.3) is 0 Å². The summed E-state index contributed by atoms with van der Waals surface area (Å²) in [5, 5.41) is 3.36. The van der Waals surface area contributed by atoms with Crippen LogP contribution in [-0.4, -0.2) is 40.1 Å². The van der Waals surface area contributed by atoms with Gasteiger partial charge in [-0.15, -0.1) is 0 Å². The Kier molecular flexibility index (Phi) is 8.38. The number of imide groups is 1. The molecule has 9 nitrogen and oxygen atoms in total. The van der Waals surface area contributed by atoms with Crippen LogP contribution in [0.3, 0.4) is 0 Å². The maximum atomic E-state index is 13.9. The number of hydrogen-bond acceptors (Lipinski definition) is 8. The summed E-state index contributed by atoms with van der Waals surface area (Å²) < 4.78 is 6.33. The second kappa shape index (κ2) is 12.2. The Morgan fingerprint density at radius 1 is 0.886 bits per heavy atom. The number of thioether (sulfide) groups is 1. The van der Waals surface area contributed by atoms with Gasteiger partial charge in [-0.3, -0.25) is 23.7 Å². The molecular formula is C31H23Cl2N3O6S2. The molecule has 2 unspecified atom stereocenters. The zero-order valence-corrected chi connectivity index (χ0v) is 26.1. The van der Waals surface area contributed by atoms with Gasteiger partial charge in [0, 0.05) is 26.5 Å². The van der Waals surface area contributed by atoms with E-state index in [4.69, 9.17) is 27.9 Å². The van der Waals surface area contributed by atoms with Crippen molar-refractivity contribution >= 4 is 81.4 Å². The molecule has 0 spiro atoms. The number of nitrogens with zero attached hydrogens (tertiary/aromatic N) is 2. The Labute approximate surface area is 269 Å². The van der Waals surface area contributed by atoms with Crippen LogP contribution in [0.15, 0.2) is 82.6 Å². The van der Waals surface area contributed by atoms with Crippen molar-refractivity contribution in [2.75, 3.05) is 16.8 Å². The van der Waals surface area contributed by atoms with Gasteiger partial charge in [-0.25, -0.2) is 9.69 Å². The van der Waals surface area contributed by atoms with Gasteiger partial charge in [-0.05, 0) is 73.2 Å². The van der Waals surface area contributed by atoms with Gasteiger partial charge in [0.05, 0.1) is 28.8 Å². The Morgan fingerprint density at radius 2 is 1.52 bits per heavy atom. The summed E-state index contributed by atoms with van der Waals surface area (Å²) in [6, 6.07) is 19.6. The minimum atomic E-state index is -0.829. The lowest BCUT2D eigenvalue weighted by atomic mass is 9.83. The van der Waals surface area contributed by atoms with E-state index in [0.29, 0.717) is 36.9 Å². The van der Waals surface area contributed by atoms with Gasteiger partial charge in [0.15, 0.2) is 0 Å². The highest BCUT2D eigenvalue weighted by molar-refractivity contribution is 8.00. The fourth-order valence-corrected chi connectivity index (χ4v) is 8.40. The first-order chi connectivity index (χ1) is 21.2. The van der Waals surface area contributed by atoms with Crippen molar-refractivity contribution in [2.24, 2.45) is 5.92 Å². The number of esters is 1. The number of rotatable bonds is 7. The number of ether oxygens (including phenoxy) is 1. The number of anilines is 2. The van der Waals surface area contributed by atoms with Crippen molar-refractivity contribution in [2.45, 2.75) is 29.7 Å². The molecule has 2 aliphatic heterocycles. The van der Waals surface area contributed by atoms with Crippen molar-refractivity contribution in [1.82, 2.24) is 4.57 Å². The molecule has 1 aromatic heterocycles. The van der Waals surface area contributed by atoms with Crippen molar-refractivity contribution in [3.63, 3.8) is 0 Å². The van der Waals surface area contributed by atoms with Crippen LogP contribution in [-0.2, 0) is 25.7 Å². The van der Waals surface area contributed by atoms with Crippen molar-refractivity contribution in [3.05, 3.63) is 109 Å². The van der Waals surface area contributed by atoms with Crippen molar-refractivity contribution in [3.8, 4) is 0 Å². The molecule has 1 fully saturated rings. The summed E-state index contributed by atoms with van der Waals surface area (Å²) in [7, 11) is 0. The van der Waals surface area contributed by atoms with Crippen LogP contribution in [0, 0.1) is 5.92 Å². The SMILES string of the molecule is CCOC(=O)c1ccc(NC(=O)Cn2c3c(sc2=O)[C@@H](c2ccc(Cl)cc2)C2C(=O)N(c4ccc(Cl)cc4)C(=O)C2S3)cc1. The van der Waals surface area contributed by atoms with Crippen LogP contribution in [0.1, 0.15) is 33.6 Å². The number of thiazole rings is 1. The van der Waals surface area contributed by atoms with Gasteiger partial charge in [0.1, 0.15) is 11.8 Å². The molecule has 3 amide bonds.